The zero-order valence-corrected chi connectivity index (χ0v) is 36.9. The van der Waals surface area contributed by atoms with E-state index in [1.54, 1.807) is 24.3 Å². The molecule has 0 aliphatic rings. The SMILES string of the molecule is CC(C)(C)c1ccc2c3ccc(C(C)(C)C)cc3n(-c3cc(C#N)cc(-n4c5cc(C(C)(C)C)ccc5c5ccc(C(C)(C)C)cc54)c3-c3ccccc3C(F)(F)F)c2c1. The zero-order valence-electron chi connectivity index (χ0n) is 36.9. The fraction of sp³-hybridized carbons (Fsp3) is 0.315. The smallest absolute Gasteiger partial charge is 0.308 e. The van der Waals surface area contributed by atoms with E-state index in [2.05, 4.69) is 171 Å². The standard InChI is InChI=1S/C54H54F3N3/c1-50(2,3)33-17-21-37-38-22-18-34(51(4,5)6)28-44(38)59(43(37)27-33)47-25-32(31-58)26-48(49(47)41-15-13-14-16-42(41)54(55,56)57)60-45-29-35(52(7,8)9)19-23-39(45)40-24-20-36(30-46(40)60)53(10,11)12/h13-30H,1-12H3. The number of aromatic nitrogens is 2. The number of hydrogen-bond acceptors (Lipinski definition) is 1. The fourth-order valence-electron chi connectivity index (χ4n) is 8.68. The van der Waals surface area contributed by atoms with E-state index >= 15 is 13.2 Å². The van der Waals surface area contributed by atoms with Gasteiger partial charge in [0.2, 0.25) is 0 Å². The van der Waals surface area contributed by atoms with Crippen molar-refractivity contribution in [2.45, 2.75) is 111 Å². The van der Waals surface area contributed by atoms with Gasteiger partial charge in [-0.05, 0) is 91.9 Å². The van der Waals surface area contributed by atoms with Crippen molar-refractivity contribution in [1.82, 2.24) is 9.13 Å². The van der Waals surface area contributed by atoms with Gasteiger partial charge in [0.15, 0.2) is 0 Å². The van der Waals surface area contributed by atoms with Crippen molar-refractivity contribution in [2.24, 2.45) is 0 Å². The highest BCUT2D eigenvalue weighted by molar-refractivity contribution is 6.12. The molecular formula is C54H54F3N3. The summed E-state index contributed by atoms with van der Waals surface area (Å²) >= 11 is 0. The molecule has 6 aromatic carbocycles. The first kappa shape index (κ1) is 41.0. The molecule has 306 valence electrons. The Bertz CT molecular complexity index is 2750. The van der Waals surface area contributed by atoms with E-state index in [9.17, 15) is 5.26 Å². The topological polar surface area (TPSA) is 33.6 Å². The minimum atomic E-state index is -4.67. The highest BCUT2D eigenvalue weighted by atomic mass is 19.4. The van der Waals surface area contributed by atoms with Crippen molar-refractivity contribution in [3.8, 4) is 28.6 Å². The molecular weight excluding hydrogens is 748 g/mol. The average Bonchev–Trinajstić information content (AvgIpc) is 3.67. The molecule has 2 aromatic heterocycles. The van der Waals surface area contributed by atoms with Gasteiger partial charge in [-0.3, -0.25) is 0 Å². The van der Waals surface area contributed by atoms with Crippen molar-refractivity contribution < 1.29 is 13.2 Å². The van der Waals surface area contributed by atoms with Crippen LogP contribution in [-0.2, 0) is 27.8 Å². The van der Waals surface area contributed by atoms with Gasteiger partial charge in [0, 0.05) is 27.1 Å². The van der Waals surface area contributed by atoms with Crippen LogP contribution in [0.15, 0.2) is 109 Å². The van der Waals surface area contributed by atoms with Gasteiger partial charge in [-0.25, -0.2) is 0 Å². The molecule has 0 radical (unpaired) electrons. The van der Waals surface area contributed by atoms with Crippen LogP contribution in [0.1, 0.15) is 116 Å². The first-order chi connectivity index (χ1) is 27.9. The van der Waals surface area contributed by atoms with Gasteiger partial charge >= 0.3 is 6.18 Å². The Balaban J connectivity index is 1.67. The third-order valence-electron chi connectivity index (χ3n) is 12.2. The molecule has 0 spiro atoms. The molecule has 2 heterocycles. The molecule has 0 aliphatic carbocycles. The predicted octanol–water partition coefficient (Wildman–Crippen LogP) is 15.6. The van der Waals surface area contributed by atoms with Crippen LogP contribution in [0.3, 0.4) is 0 Å². The third-order valence-corrected chi connectivity index (χ3v) is 12.2. The number of fused-ring (bicyclic) bond motifs is 6. The second kappa shape index (κ2) is 13.6. The lowest BCUT2D eigenvalue weighted by Gasteiger charge is -2.25. The number of hydrogen-bond donors (Lipinski definition) is 0. The maximum absolute atomic E-state index is 15.5. The minimum absolute atomic E-state index is 0.0439. The van der Waals surface area contributed by atoms with Crippen LogP contribution in [0, 0.1) is 11.3 Å². The molecule has 0 N–H and O–H groups in total. The minimum Gasteiger partial charge on any atom is -0.308 e. The lowest BCUT2D eigenvalue weighted by Crippen LogP contribution is -2.13. The lowest BCUT2D eigenvalue weighted by atomic mass is 9.86. The summed E-state index contributed by atoms with van der Waals surface area (Å²) in [7, 11) is 0. The van der Waals surface area contributed by atoms with Crippen LogP contribution in [0.4, 0.5) is 13.2 Å². The predicted molar refractivity (Wildman–Crippen MR) is 245 cm³/mol. The van der Waals surface area contributed by atoms with Crippen LogP contribution in [0.25, 0.3) is 66.1 Å². The van der Waals surface area contributed by atoms with Gasteiger partial charge < -0.3 is 9.13 Å². The van der Waals surface area contributed by atoms with Crippen LogP contribution in [0.5, 0.6) is 0 Å². The van der Waals surface area contributed by atoms with E-state index in [0.29, 0.717) is 22.5 Å². The number of benzene rings is 6. The molecule has 0 saturated heterocycles. The molecule has 0 atom stereocenters. The second-order valence-electron chi connectivity index (χ2n) is 20.6. The van der Waals surface area contributed by atoms with E-state index in [0.717, 1.165) is 65.9 Å². The highest BCUT2D eigenvalue weighted by Crippen LogP contribution is 2.48. The molecule has 8 rings (SSSR count). The maximum Gasteiger partial charge on any atom is 0.417 e. The molecule has 0 unspecified atom stereocenters. The summed E-state index contributed by atoms with van der Waals surface area (Å²) in [6.07, 6.45) is -4.67. The molecule has 0 fully saturated rings. The Hall–Kier alpha value is -5.80. The van der Waals surface area contributed by atoms with E-state index in [-0.39, 0.29) is 27.2 Å². The lowest BCUT2D eigenvalue weighted by molar-refractivity contribution is -0.137. The van der Waals surface area contributed by atoms with Gasteiger partial charge in [0.05, 0.1) is 50.6 Å². The normalized spacial score (nSPS) is 13.2. The molecule has 0 amide bonds. The molecule has 8 aromatic rings. The van der Waals surface area contributed by atoms with E-state index < -0.39 is 11.7 Å². The highest BCUT2D eigenvalue weighted by Gasteiger charge is 2.36. The summed E-state index contributed by atoms with van der Waals surface area (Å²) in [4.78, 5) is 0. The average molecular weight is 802 g/mol. The van der Waals surface area contributed by atoms with E-state index in [1.165, 1.54) is 12.1 Å². The number of rotatable bonds is 3. The second-order valence-corrected chi connectivity index (χ2v) is 20.6. The summed E-state index contributed by atoms with van der Waals surface area (Å²) in [5.41, 5.74) is 8.03. The fourth-order valence-corrected chi connectivity index (χ4v) is 8.68. The monoisotopic (exact) mass is 801 g/mol. The van der Waals surface area contributed by atoms with Gasteiger partial charge in [-0.2, -0.15) is 18.4 Å². The van der Waals surface area contributed by atoms with Crippen molar-refractivity contribution >= 4 is 43.6 Å². The molecule has 6 heteroatoms. The van der Waals surface area contributed by atoms with Crippen LogP contribution >= 0.6 is 0 Å². The van der Waals surface area contributed by atoms with Crippen molar-refractivity contribution in [3.63, 3.8) is 0 Å². The summed E-state index contributed by atoms with van der Waals surface area (Å²) < 4.78 is 50.8. The van der Waals surface area contributed by atoms with Gasteiger partial charge in [-0.1, -0.05) is 150 Å². The molecule has 60 heavy (non-hydrogen) atoms. The van der Waals surface area contributed by atoms with Crippen molar-refractivity contribution in [1.29, 1.82) is 5.26 Å². The van der Waals surface area contributed by atoms with Crippen LogP contribution in [-0.4, -0.2) is 9.13 Å². The Morgan fingerprint density at radius 3 is 1.03 bits per heavy atom. The first-order valence-electron chi connectivity index (χ1n) is 20.8. The zero-order chi connectivity index (χ0) is 43.5. The van der Waals surface area contributed by atoms with Crippen LogP contribution in [0.2, 0.25) is 0 Å². The van der Waals surface area contributed by atoms with E-state index in [4.69, 9.17) is 0 Å². The summed E-state index contributed by atoms with van der Waals surface area (Å²) in [5, 5.41) is 14.9. The van der Waals surface area contributed by atoms with Gasteiger partial charge in [-0.15, -0.1) is 0 Å². The van der Waals surface area contributed by atoms with Crippen LogP contribution < -0.4 is 0 Å². The first-order valence-corrected chi connectivity index (χ1v) is 20.8. The molecule has 3 nitrogen and oxygen atoms in total. The Morgan fingerprint density at radius 1 is 0.433 bits per heavy atom. The molecule has 0 saturated carbocycles. The Labute approximate surface area is 352 Å². The Morgan fingerprint density at radius 2 is 0.750 bits per heavy atom. The third kappa shape index (κ3) is 6.86. The summed E-state index contributed by atoms with van der Waals surface area (Å²) in [6, 6.07) is 37.8. The van der Waals surface area contributed by atoms with Gasteiger partial charge in [0.25, 0.3) is 0 Å². The number of halogens is 3. The van der Waals surface area contributed by atoms with Gasteiger partial charge in [0.1, 0.15) is 0 Å². The summed E-state index contributed by atoms with van der Waals surface area (Å²) in [5.74, 6) is 0. The number of nitriles is 1. The van der Waals surface area contributed by atoms with Crippen molar-refractivity contribution in [2.75, 3.05) is 0 Å². The summed E-state index contributed by atoms with van der Waals surface area (Å²) in [6.45, 7) is 26.0. The van der Waals surface area contributed by atoms with E-state index in [1.807, 2.05) is 0 Å². The number of nitrogens with zero attached hydrogens (tertiary/aromatic N) is 3. The Kier molecular flexibility index (Phi) is 9.29. The maximum atomic E-state index is 15.5. The molecule has 0 aliphatic heterocycles. The largest absolute Gasteiger partial charge is 0.417 e. The quantitative estimate of drug-likeness (QED) is 0.175. The van der Waals surface area contributed by atoms with Crippen molar-refractivity contribution in [3.05, 3.63) is 143 Å². The number of alkyl halides is 3. The molecule has 0 bridgehead atoms.